The number of hydrazine groups is 1. The first kappa shape index (κ1) is 12.4. The van der Waals surface area contributed by atoms with E-state index in [9.17, 15) is 0 Å². The number of oxazole rings is 1. The largest absolute Gasteiger partial charge is 0.444 e. The molecule has 0 spiro atoms. The number of hydrogen-bond acceptors (Lipinski definition) is 4. The summed E-state index contributed by atoms with van der Waals surface area (Å²) in [5.74, 6) is 6.16. The molecule has 3 rings (SSSR count). The topological polar surface area (TPSA) is 64.1 Å². The van der Waals surface area contributed by atoms with Crippen LogP contribution in [0, 0.1) is 6.92 Å². The minimum Gasteiger partial charge on any atom is -0.444 e. The molecule has 0 saturated heterocycles. The summed E-state index contributed by atoms with van der Waals surface area (Å²) in [5.41, 5.74) is 8.06. The Morgan fingerprint density at radius 3 is 2.45 bits per heavy atom. The number of nitrogens with one attached hydrogen (secondary N) is 1. The Morgan fingerprint density at radius 1 is 1.05 bits per heavy atom. The number of hydrogen-bond donors (Lipinski definition) is 2. The van der Waals surface area contributed by atoms with Crippen LogP contribution < -0.4 is 11.3 Å². The number of anilines is 1. The predicted molar refractivity (Wildman–Crippen MR) is 79.9 cm³/mol. The highest BCUT2D eigenvalue weighted by atomic mass is 16.3. The van der Waals surface area contributed by atoms with Crippen LogP contribution in [0.1, 0.15) is 5.56 Å². The molecule has 0 saturated carbocycles. The van der Waals surface area contributed by atoms with Crippen molar-refractivity contribution in [3.63, 3.8) is 0 Å². The Kier molecular flexibility index (Phi) is 3.23. The molecule has 3 aromatic rings. The molecule has 0 fully saturated rings. The smallest absolute Gasteiger partial charge is 0.181 e. The Bertz CT molecular complexity index is 703. The molecule has 0 unspecified atom stereocenters. The van der Waals surface area contributed by atoms with Crippen molar-refractivity contribution in [2.75, 3.05) is 5.43 Å². The molecule has 3 N–H and O–H groups in total. The lowest BCUT2D eigenvalue weighted by molar-refractivity contribution is 0.572. The third-order valence-corrected chi connectivity index (χ3v) is 3.32. The molecule has 0 aliphatic carbocycles. The lowest BCUT2D eigenvalue weighted by atomic mass is 9.97. The van der Waals surface area contributed by atoms with E-state index in [1.54, 1.807) is 6.20 Å². The molecule has 4 heteroatoms. The van der Waals surface area contributed by atoms with Crippen LogP contribution in [0.5, 0.6) is 0 Å². The second-order valence-corrected chi connectivity index (χ2v) is 4.62. The van der Waals surface area contributed by atoms with E-state index in [4.69, 9.17) is 10.3 Å². The second-order valence-electron chi connectivity index (χ2n) is 4.62. The number of aromatic nitrogens is 1. The summed E-state index contributed by atoms with van der Waals surface area (Å²) in [6.45, 7) is 2.09. The second kappa shape index (κ2) is 5.19. The maximum absolute atomic E-state index is 5.39. The van der Waals surface area contributed by atoms with Crippen LogP contribution in [0.4, 0.5) is 5.69 Å². The molecule has 0 atom stereocenters. The Hall–Kier alpha value is -2.59. The highest BCUT2D eigenvalue weighted by Gasteiger charge is 2.07. The standard InChI is InChI=1S/C16H15N3O/c1-11-2-3-13(16-9-18-10-20-16)8-15(11)12-4-6-14(19-17)7-5-12/h2-10,19H,17H2,1H3. The number of nitrogen functional groups attached to an aromatic ring is 1. The van der Waals surface area contributed by atoms with Gasteiger partial charge in [-0.05, 0) is 41.8 Å². The zero-order valence-corrected chi connectivity index (χ0v) is 11.1. The highest BCUT2D eigenvalue weighted by Crippen LogP contribution is 2.29. The van der Waals surface area contributed by atoms with E-state index in [0.29, 0.717) is 0 Å². The fourth-order valence-electron chi connectivity index (χ4n) is 2.19. The molecule has 1 heterocycles. The Balaban J connectivity index is 2.05. The summed E-state index contributed by atoms with van der Waals surface area (Å²) in [5, 5.41) is 0. The van der Waals surface area contributed by atoms with E-state index in [1.165, 1.54) is 17.5 Å². The summed E-state index contributed by atoms with van der Waals surface area (Å²) in [7, 11) is 0. The van der Waals surface area contributed by atoms with Crippen LogP contribution in [-0.4, -0.2) is 4.98 Å². The first-order valence-corrected chi connectivity index (χ1v) is 6.34. The minimum atomic E-state index is 0.770. The average Bonchev–Trinajstić information content (AvgIpc) is 3.02. The van der Waals surface area contributed by atoms with Gasteiger partial charge >= 0.3 is 0 Å². The number of nitrogens with zero attached hydrogens (tertiary/aromatic N) is 1. The molecular weight excluding hydrogens is 250 g/mol. The van der Waals surface area contributed by atoms with E-state index in [1.807, 2.05) is 30.3 Å². The minimum absolute atomic E-state index is 0.770. The fourth-order valence-corrected chi connectivity index (χ4v) is 2.19. The number of rotatable bonds is 3. The van der Waals surface area contributed by atoms with Crippen molar-refractivity contribution in [2.45, 2.75) is 6.92 Å². The van der Waals surface area contributed by atoms with Crippen LogP contribution in [0.15, 0.2) is 59.5 Å². The van der Waals surface area contributed by atoms with Crippen LogP contribution in [0.25, 0.3) is 22.5 Å². The monoisotopic (exact) mass is 265 g/mol. The van der Waals surface area contributed by atoms with Crippen molar-refractivity contribution in [2.24, 2.45) is 5.84 Å². The van der Waals surface area contributed by atoms with Crippen molar-refractivity contribution < 1.29 is 4.42 Å². The Labute approximate surface area is 117 Å². The maximum Gasteiger partial charge on any atom is 0.181 e. The number of nitrogens with two attached hydrogens (primary N) is 1. The van der Waals surface area contributed by atoms with Gasteiger partial charge in [0.15, 0.2) is 12.2 Å². The van der Waals surface area contributed by atoms with Crippen molar-refractivity contribution >= 4 is 5.69 Å². The zero-order chi connectivity index (χ0) is 13.9. The third kappa shape index (κ3) is 2.29. The zero-order valence-electron chi connectivity index (χ0n) is 11.1. The van der Waals surface area contributed by atoms with Crippen LogP contribution in [-0.2, 0) is 0 Å². The molecule has 0 amide bonds. The summed E-state index contributed by atoms with van der Waals surface area (Å²) in [4.78, 5) is 3.96. The molecule has 0 bridgehead atoms. The van der Waals surface area contributed by atoms with Gasteiger partial charge in [0, 0.05) is 11.3 Å². The molecule has 0 radical (unpaired) electrons. The normalized spacial score (nSPS) is 10.5. The molecule has 20 heavy (non-hydrogen) atoms. The molecule has 4 nitrogen and oxygen atoms in total. The summed E-state index contributed by atoms with van der Waals surface area (Å²) in [6, 6.07) is 14.2. The van der Waals surface area contributed by atoms with Gasteiger partial charge < -0.3 is 9.84 Å². The molecule has 1 aromatic heterocycles. The highest BCUT2D eigenvalue weighted by molar-refractivity contribution is 5.74. The van der Waals surface area contributed by atoms with Gasteiger partial charge in [-0.25, -0.2) is 4.98 Å². The van der Waals surface area contributed by atoms with Gasteiger partial charge in [0.25, 0.3) is 0 Å². The van der Waals surface area contributed by atoms with Crippen molar-refractivity contribution in [3.8, 4) is 22.5 Å². The van der Waals surface area contributed by atoms with Gasteiger partial charge in [0.1, 0.15) is 0 Å². The van der Waals surface area contributed by atoms with E-state index in [0.717, 1.165) is 22.6 Å². The maximum atomic E-state index is 5.39. The van der Waals surface area contributed by atoms with E-state index in [-0.39, 0.29) is 0 Å². The quantitative estimate of drug-likeness (QED) is 0.561. The first-order chi connectivity index (χ1) is 9.78. The van der Waals surface area contributed by atoms with Crippen molar-refractivity contribution in [1.29, 1.82) is 0 Å². The summed E-state index contributed by atoms with van der Waals surface area (Å²) >= 11 is 0. The molecule has 0 aliphatic rings. The summed E-state index contributed by atoms with van der Waals surface area (Å²) in [6.07, 6.45) is 3.16. The molecule has 2 aromatic carbocycles. The van der Waals surface area contributed by atoms with Gasteiger partial charge in [0.2, 0.25) is 0 Å². The van der Waals surface area contributed by atoms with Crippen molar-refractivity contribution in [3.05, 3.63) is 60.6 Å². The first-order valence-electron chi connectivity index (χ1n) is 6.34. The van der Waals surface area contributed by atoms with Crippen LogP contribution in [0.3, 0.4) is 0 Å². The number of aryl methyl sites for hydroxylation is 1. The van der Waals surface area contributed by atoms with Crippen LogP contribution in [0.2, 0.25) is 0 Å². The SMILES string of the molecule is Cc1ccc(-c2cnco2)cc1-c1ccc(NN)cc1. The van der Waals surface area contributed by atoms with Gasteiger partial charge in [-0.1, -0.05) is 24.3 Å². The Morgan fingerprint density at radius 2 is 1.80 bits per heavy atom. The van der Waals surface area contributed by atoms with Gasteiger partial charge in [-0.15, -0.1) is 0 Å². The average molecular weight is 265 g/mol. The fraction of sp³-hybridized carbons (Fsp3) is 0.0625. The van der Waals surface area contributed by atoms with E-state index in [2.05, 4.69) is 29.5 Å². The molecule has 0 aliphatic heterocycles. The lowest BCUT2D eigenvalue weighted by Crippen LogP contribution is -2.05. The molecular formula is C16H15N3O. The third-order valence-electron chi connectivity index (χ3n) is 3.32. The van der Waals surface area contributed by atoms with Crippen molar-refractivity contribution in [1.82, 2.24) is 4.98 Å². The van der Waals surface area contributed by atoms with Gasteiger partial charge in [-0.2, -0.15) is 0 Å². The van der Waals surface area contributed by atoms with Crippen LogP contribution >= 0.6 is 0 Å². The van der Waals surface area contributed by atoms with E-state index < -0.39 is 0 Å². The summed E-state index contributed by atoms with van der Waals surface area (Å²) < 4.78 is 5.35. The van der Waals surface area contributed by atoms with Gasteiger partial charge in [0.05, 0.1) is 6.20 Å². The predicted octanol–water partition coefficient (Wildman–Crippen LogP) is 3.60. The van der Waals surface area contributed by atoms with Gasteiger partial charge in [-0.3, -0.25) is 5.84 Å². The van der Waals surface area contributed by atoms with E-state index >= 15 is 0 Å². The lowest BCUT2D eigenvalue weighted by Gasteiger charge is -2.09. The number of benzene rings is 2. The molecule has 100 valence electrons.